The molecule has 0 unspecified atom stereocenters. The van der Waals surface area contributed by atoms with E-state index in [9.17, 15) is 9.59 Å². The van der Waals surface area contributed by atoms with Crippen molar-refractivity contribution in [1.29, 1.82) is 0 Å². The fraction of sp³-hybridized carbons (Fsp3) is 0.391. The van der Waals surface area contributed by atoms with E-state index in [2.05, 4.69) is 16.3 Å². The number of rotatable bonds is 5. The molecule has 0 aromatic heterocycles. The van der Waals surface area contributed by atoms with Crippen LogP contribution in [0.4, 0.5) is 5.69 Å². The molecule has 0 radical (unpaired) electrons. The van der Waals surface area contributed by atoms with Crippen LogP contribution in [0.3, 0.4) is 0 Å². The lowest BCUT2D eigenvalue weighted by atomic mass is 10.0. The third-order valence-corrected chi connectivity index (χ3v) is 5.47. The summed E-state index contributed by atoms with van der Waals surface area (Å²) in [5, 5.41) is 2.86. The van der Waals surface area contributed by atoms with Gasteiger partial charge in [-0.05, 0) is 49.2 Å². The summed E-state index contributed by atoms with van der Waals surface area (Å²) < 4.78 is 16.3. The van der Waals surface area contributed by atoms with E-state index in [1.54, 1.807) is 24.3 Å². The number of anilines is 1. The van der Waals surface area contributed by atoms with Gasteiger partial charge in [-0.25, -0.2) is 4.79 Å². The number of para-hydroxylation sites is 1. The molecule has 158 valence electrons. The van der Waals surface area contributed by atoms with Gasteiger partial charge in [0.1, 0.15) is 0 Å². The molecule has 30 heavy (non-hydrogen) atoms. The Bertz CT molecular complexity index is 930. The average molecular weight is 410 g/mol. The Labute approximate surface area is 175 Å². The van der Waals surface area contributed by atoms with Crippen LogP contribution in [-0.4, -0.2) is 50.2 Å². The van der Waals surface area contributed by atoms with Gasteiger partial charge in [0.2, 0.25) is 5.91 Å². The van der Waals surface area contributed by atoms with E-state index in [1.165, 1.54) is 7.11 Å². The number of hydrogen-bond acceptors (Lipinski definition) is 6. The molecule has 1 amide bonds. The fourth-order valence-electron chi connectivity index (χ4n) is 4.03. The number of carbonyl (C=O) groups is 2. The lowest BCUT2D eigenvalue weighted by Crippen LogP contribution is -2.33. The second kappa shape index (κ2) is 9.17. The highest BCUT2D eigenvalue weighted by Crippen LogP contribution is 2.37. The lowest BCUT2D eigenvalue weighted by molar-refractivity contribution is -0.117. The first-order chi connectivity index (χ1) is 14.7. The first kappa shape index (κ1) is 20.2. The second-order valence-electron chi connectivity index (χ2n) is 7.47. The molecule has 1 N–H and O–H groups in total. The highest BCUT2D eigenvalue weighted by molar-refractivity contribution is 6.01. The Balaban J connectivity index is 1.45. The van der Waals surface area contributed by atoms with Crippen molar-refractivity contribution in [1.82, 2.24) is 4.90 Å². The molecule has 4 rings (SSSR count). The summed E-state index contributed by atoms with van der Waals surface area (Å²) in [6.45, 7) is 2.39. The number of hydrogen-bond donors (Lipinski definition) is 1. The summed E-state index contributed by atoms with van der Waals surface area (Å²) in [5.41, 5.74) is 1.93. The molecule has 0 aliphatic carbocycles. The maximum absolute atomic E-state index is 12.7. The van der Waals surface area contributed by atoms with Gasteiger partial charge in [-0.1, -0.05) is 18.2 Å². The molecular formula is C23H26N2O5. The molecule has 7 heteroatoms. The van der Waals surface area contributed by atoms with E-state index in [0.29, 0.717) is 24.5 Å². The zero-order valence-electron chi connectivity index (χ0n) is 17.1. The Morgan fingerprint density at radius 2 is 1.90 bits per heavy atom. The second-order valence-corrected chi connectivity index (χ2v) is 7.47. The van der Waals surface area contributed by atoms with Crippen molar-refractivity contribution in [3.8, 4) is 11.5 Å². The molecule has 2 aliphatic rings. The average Bonchev–Trinajstić information content (AvgIpc) is 3.08. The third kappa shape index (κ3) is 4.41. The van der Waals surface area contributed by atoms with Crippen LogP contribution in [0.15, 0.2) is 42.5 Å². The van der Waals surface area contributed by atoms with Crippen molar-refractivity contribution in [2.45, 2.75) is 25.3 Å². The quantitative estimate of drug-likeness (QED) is 0.762. The minimum absolute atomic E-state index is 0.142. The van der Waals surface area contributed by atoms with E-state index in [-0.39, 0.29) is 18.5 Å². The van der Waals surface area contributed by atoms with Gasteiger partial charge < -0.3 is 19.5 Å². The van der Waals surface area contributed by atoms with Crippen LogP contribution in [-0.2, 0) is 9.53 Å². The molecule has 7 nitrogen and oxygen atoms in total. The van der Waals surface area contributed by atoms with Gasteiger partial charge in [-0.3, -0.25) is 9.69 Å². The highest BCUT2D eigenvalue weighted by Gasteiger charge is 2.29. The summed E-state index contributed by atoms with van der Waals surface area (Å²) in [6, 6.07) is 13.0. The molecule has 0 saturated carbocycles. The Morgan fingerprint density at radius 3 is 2.73 bits per heavy atom. The number of methoxy groups -OCH3 is 1. The SMILES string of the molecule is COC(=O)c1ccccc1NC(=O)CN1CCC[C@@H]1c1ccc2c(c1)OCCCO2. The number of esters is 1. The van der Waals surface area contributed by atoms with Crippen LogP contribution in [0.1, 0.15) is 41.2 Å². The van der Waals surface area contributed by atoms with Gasteiger partial charge in [0.05, 0.1) is 38.1 Å². The van der Waals surface area contributed by atoms with Crippen molar-refractivity contribution in [2.24, 2.45) is 0 Å². The lowest BCUT2D eigenvalue weighted by Gasteiger charge is -2.25. The molecule has 0 spiro atoms. The van der Waals surface area contributed by atoms with E-state index in [0.717, 1.165) is 42.9 Å². The highest BCUT2D eigenvalue weighted by atomic mass is 16.5. The van der Waals surface area contributed by atoms with Gasteiger partial charge in [0.15, 0.2) is 11.5 Å². The number of nitrogens with zero attached hydrogens (tertiary/aromatic N) is 1. The fourth-order valence-corrected chi connectivity index (χ4v) is 4.03. The minimum atomic E-state index is -0.475. The Hall–Kier alpha value is -3.06. The number of carbonyl (C=O) groups excluding carboxylic acids is 2. The molecule has 2 aliphatic heterocycles. The van der Waals surface area contributed by atoms with Gasteiger partial charge in [-0.15, -0.1) is 0 Å². The third-order valence-electron chi connectivity index (χ3n) is 5.47. The monoisotopic (exact) mass is 410 g/mol. The van der Waals surface area contributed by atoms with Gasteiger partial charge in [-0.2, -0.15) is 0 Å². The van der Waals surface area contributed by atoms with Crippen molar-refractivity contribution < 1.29 is 23.8 Å². The molecule has 1 fully saturated rings. The van der Waals surface area contributed by atoms with Crippen molar-refractivity contribution in [3.63, 3.8) is 0 Å². The molecule has 0 bridgehead atoms. The maximum atomic E-state index is 12.7. The minimum Gasteiger partial charge on any atom is -0.490 e. The van der Waals surface area contributed by atoms with Crippen LogP contribution in [0.5, 0.6) is 11.5 Å². The normalized spacial score (nSPS) is 18.5. The number of benzene rings is 2. The van der Waals surface area contributed by atoms with Crippen LogP contribution >= 0.6 is 0 Å². The molecule has 2 heterocycles. The molecule has 1 saturated heterocycles. The Kier molecular flexibility index (Phi) is 6.18. The molecule has 1 atom stereocenters. The largest absolute Gasteiger partial charge is 0.490 e. The zero-order valence-corrected chi connectivity index (χ0v) is 17.1. The van der Waals surface area contributed by atoms with Gasteiger partial charge in [0.25, 0.3) is 0 Å². The van der Waals surface area contributed by atoms with Crippen LogP contribution in [0, 0.1) is 0 Å². The summed E-state index contributed by atoms with van der Waals surface area (Å²) in [5.74, 6) is 0.913. The molecular weight excluding hydrogens is 384 g/mol. The van der Waals surface area contributed by atoms with Gasteiger partial charge in [0, 0.05) is 12.5 Å². The smallest absolute Gasteiger partial charge is 0.339 e. The predicted octanol–water partition coefficient (Wildman–Crippen LogP) is 3.41. The first-order valence-electron chi connectivity index (χ1n) is 10.3. The summed E-state index contributed by atoms with van der Waals surface area (Å²) in [7, 11) is 1.32. The van der Waals surface area contributed by atoms with Crippen molar-refractivity contribution in [2.75, 3.05) is 38.7 Å². The number of likely N-dealkylation sites (tertiary alicyclic amines) is 1. The predicted molar refractivity (Wildman–Crippen MR) is 112 cm³/mol. The number of nitrogens with one attached hydrogen (secondary N) is 1. The number of fused-ring (bicyclic) bond motifs is 1. The van der Waals surface area contributed by atoms with E-state index in [4.69, 9.17) is 14.2 Å². The standard InChI is InChI=1S/C23H26N2O5/c1-28-23(27)17-6-2-3-7-18(17)24-22(26)15-25-11-4-8-19(25)16-9-10-20-21(14-16)30-13-5-12-29-20/h2-3,6-7,9-10,14,19H,4-5,8,11-13,15H2,1H3,(H,24,26)/t19-/m1/s1. The van der Waals surface area contributed by atoms with E-state index < -0.39 is 5.97 Å². The van der Waals surface area contributed by atoms with E-state index in [1.807, 2.05) is 12.1 Å². The summed E-state index contributed by atoms with van der Waals surface area (Å²) in [6.07, 6.45) is 2.86. The van der Waals surface area contributed by atoms with Crippen LogP contribution in [0.25, 0.3) is 0 Å². The number of ether oxygens (including phenoxy) is 3. The molecule has 2 aromatic carbocycles. The van der Waals surface area contributed by atoms with Crippen LogP contribution < -0.4 is 14.8 Å². The number of amides is 1. The maximum Gasteiger partial charge on any atom is 0.339 e. The zero-order chi connectivity index (χ0) is 20.9. The topological polar surface area (TPSA) is 77.1 Å². The summed E-state index contributed by atoms with van der Waals surface area (Å²) in [4.78, 5) is 26.8. The van der Waals surface area contributed by atoms with Gasteiger partial charge >= 0.3 is 5.97 Å². The van der Waals surface area contributed by atoms with E-state index >= 15 is 0 Å². The summed E-state index contributed by atoms with van der Waals surface area (Å²) >= 11 is 0. The molecule has 2 aromatic rings. The Morgan fingerprint density at radius 1 is 1.10 bits per heavy atom. The van der Waals surface area contributed by atoms with Crippen molar-refractivity contribution >= 4 is 17.6 Å². The van der Waals surface area contributed by atoms with Crippen molar-refractivity contribution in [3.05, 3.63) is 53.6 Å². The van der Waals surface area contributed by atoms with Crippen LogP contribution in [0.2, 0.25) is 0 Å². The first-order valence-corrected chi connectivity index (χ1v) is 10.3.